The Morgan fingerprint density at radius 3 is 1.48 bits per heavy atom. The SMILES string of the molecule is CC(CS(=O)(=O)CC(C)N1CCOCC1)N1CCOCC1. The average Bonchev–Trinajstić information content (AvgIpc) is 2.48. The Kier molecular flexibility index (Phi) is 6.43. The lowest BCUT2D eigenvalue weighted by atomic mass is 10.3. The number of ether oxygens (including phenoxy) is 2. The van der Waals surface area contributed by atoms with Crippen molar-refractivity contribution in [1.82, 2.24) is 9.80 Å². The third-order valence-corrected chi connectivity index (χ3v) is 6.31. The van der Waals surface area contributed by atoms with Crippen LogP contribution in [0.1, 0.15) is 13.8 Å². The molecule has 2 rings (SSSR count). The van der Waals surface area contributed by atoms with E-state index in [0.717, 1.165) is 26.2 Å². The second-order valence-corrected chi connectivity index (χ2v) is 8.23. The first-order valence-corrected chi connectivity index (χ1v) is 9.64. The topological polar surface area (TPSA) is 59.1 Å². The lowest BCUT2D eigenvalue weighted by Gasteiger charge is -2.34. The van der Waals surface area contributed by atoms with Crippen LogP contribution in [-0.4, -0.2) is 94.4 Å². The molecule has 0 radical (unpaired) electrons. The standard InChI is InChI=1S/C14H28N2O4S/c1-13(15-3-7-19-8-4-15)11-21(17,18)12-14(2)16-5-9-20-10-6-16/h13-14H,3-12H2,1-2H3. The molecule has 2 atom stereocenters. The monoisotopic (exact) mass is 320 g/mol. The van der Waals surface area contributed by atoms with Gasteiger partial charge >= 0.3 is 0 Å². The van der Waals surface area contributed by atoms with Crippen LogP contribution in [0, 0.1) is 0 Å². The number of hydrogen-bond acceptors (Lipinski definition) is 6. The van der Waals surface area contributed by atoms with Crippen molar-refractivity contribution in [3.8, 4) is 0 Å². The van der Waals surface area contributed by atoms with Crippen molar-refractivity contribution in [2.75, 3.05) is 64.1 Å². The van der Waals surface area contributed by atoms with Gasteiger partial charge in [-0.3, -0.25) is 9.80 Å². The molecule has 2 fully saturated rings. The minimum atomic E-state index is -3.04. The summed E-state index contributed by atoms with van der Waals surface area (Å²) in [6.07, 6.45) is 0. The highest BCUT2D eigenvalue weighted by atomic mass is 32.2. The van der Waals surface area contributed by atoms with E-state index < -0.39 is 9.84 Å². The van der Waals surface area contributed by atoms with E-state index in [4.69, 9.17) is 9.47 Å². The van der Waals surface area contributed by atoms with Gasteiger partial charge in [0.1, 0.15) is 0 Å². The molecule has 2 saturated heterocycles. The molecular formula is C14H28N2O4S. The predicted octanol–water partition coefficient (Wildman–Crippen LogP) is -0.157. The maximum absolute atomic E-state index is 12.4. The van der Waals surface area contributed by atoms with Crippen LogP contribution in [-0.2, 0) is 19.3 Å². The fourth-order valence-electron chi connectivity index (χ4n) is 3.05. The van der Waals surface area contributed by atoms with Gasteiger partial charge in [-0.05, 0) is 13.8 Å². The normalized spacial score (nSPS) is 25.6. The molecule has 0 N–H and O–H groups in total. The van der Waals surface area contributed by atoms with Crippen LogP contribution < -0.4 is 0 Å². The minimum Gasteiger partial charge on any atom is -0.379 e. The highest BCUT2D eigenvalue weighted by Gasteiger charge is 2.27. The Hall–Kier alpha value is -0.210. The lowest BCUT2D eigenvalue weighted by Crippen LogP contribution is -2.48. The van der Waals surface area contributed by atoms with E-state index in [0.29, 0.717) is 26.4 Å². The van der Waals surface area contributed by atoms with Gasteiger partial charge in [-0.1, -0.05) is 0 Å². The Labute approximate surface area is 128 Å². The summed E-state index contributed by atoms with van der Waals surface area (Å²) in [5, 5.41) is 0. The number of rotatable bonds is 6. The molecule has 6 nitrogen and oxygen atoms in total. The van der Waals surface area contributed by atoms with E-state index in [1.807, 2.05) is 13.8 Å². The van der Waals surface area contributed by atoms with Crippen LogP contribution in [0.15, 0.2) is 0 Å². The van der Waals surface area contributed by atoms with Crippen molar-refractivity contribution in [2.45, 2.75) is 25.9 Å². The molecule has 124 valence electrons. The molecule has 0 saturated carbocycles. The summed E-state index contributed by atoms with van der Waals surface area (Å²) in [5.74, 6) is 0.476. The molecule has 0 amide bonds. The predicted molar refractivity (Wildman–Crippen MR) is 82.4 cm³/mol. The van der Waals surface area contributed by atoms with Crippen molar-refractivity contribution < 1.29 is 17.9 Å². The molecule has 2 unspecified atom stereocenters. The van der Waals surface area contributed by atoms with Crippen LogP contribution >= 0.6 is 0 Å². The van der Waals surface area contributed by atoms with Crippen LogP contribution in [0.25, 0.3) is 0 Å². The molecule has 2 aliphatic rings. The van der Waals surface area contributed by atoms with Crippen LogP contribution in [0.2, 0.25) is 0 Å². The summed E-state index contributed by atoms with van der Waals surface area (Å²) in [5.41, 5.74) is 0. The Bertz CT molecular complexity index is 371. The molecule has 21 heavy (non-hydrogen) atoms. The van der Waals surface area contributed by atoms with Crippen LogP contribution in [0.5, 0.6) is 0 Å². The zero-order chi connectivity index (χ0) is 15.3. The van der Waals surface area contributed by atoms with Crippen molar-refractivity contribution in [1.29, 1.82) is 0 Å². The van der Waals surface area contributed by atoms with E-state index in [9.17, 15) is 8.42 Å². The third kappa shape index (κ3) is 5.49. The smallest absolute Gasteiger partial charge is 0.153 e. The van der Waals surface area contributed by atoms with E-state index >= 15 is 0 Å². The first-order chi connectivity index (χ1) is 9.98. The zero-order valence-electron chi connectivity index (χ0n) is 13.2. The van der Waals surface area contributed by atoms with Crippen molar-refractivity contribution in [3.63, 3.8) is 0 Å². The largest absolute Gasteiger partial charge is 0.379 e. The van der Waals surface area contributed by atoms with E-state index in [2.05, 4.69) is 9.80 Å². The van der Waals surface area contributed by atoms with Gasteiger partial charge in [0, 0.05) is 38.3 Å². The lowest BCUT2D eigenvalue weighted by molar-refractivity contribution is 0.0231. The summed E-state index contributed by atoms with van der Waals surface area (Å²) in [4.78, 5) is 4.42. The van der Waals surface area contributed by atoms with Gasteiger partial charge < -0.3 is 9.47 Å². The number of hydrogen-bond donors (Lipinski definition) is 0. The highest BCUT2D eigenvalue weighted by molar-refractivity contribution is 7.91. The molecule has 2 heterocycles. The fraction of sp³-hybridized carbons (Fsp3) is 1.00. The molecule has 0 aliphatic carbocycles. The molecule has 2 aliphatic heterocycles. The quantitative estimate of drug-likeness (QED) is 0.678. The summed E-state index contributed by atoms with van der Waals surface area (Å²) in [7, 11) is -3.04. The molecule has 0 aromatic rings. The van der Waals surface area contributed by atoms with Gasteiger partial charge in [0.2, 0.25) is 0 Å². The maximum atomic E-state index is 12.4. The fourth-order valence-corrected chi connectivity index (χ4v) is 5.08. The first-order valence-electron chi connectivity index (χ1n) is 7.82. The highest BCUT2D eigenvalue weighted by Crippen LogP contribution is 2.11. The Morgan fingerprint density at radius 1 is 0.810 bits per heavy atom. The van der Waals surface area contributed by atoms with Crippen LogP contribution in [0.4, 0.5) is 0 Å². The minimum absolute atomic E-state index is 0.0655. The van der Waals surface area contributed by atoms with Crippen molar-refractivity contribution in [2.24, 2.45) is 0 Å². The summed E-state index contributed by atoms with van der Waals surface area (Å²) < 4.78 is 35.5. The van der Waals surface area contributed by atoms with Crippen molar-refractivity contribution >= 4 is 9.84 Å². The van der Waals surface area contributed by atoms with Gasteiger partial charge in [-0.15, -0.1) is 0 Å². The number of nitrogens with zero attached hydrogens (tertiary/aromatic N) is 2. The molecule has 0 aromatic heterocycles. The Morgan fingerprint density at radius 2 is 1.14 bits per heavy atom. The molecule has 0 bridgehead atoms. The third-order valence-electron chi connectivity index (χ3n) is 4.33. The number of sulfone groups is 1. The molecule has 0 spiro atoms. The van der Waals surface area contributed by atoms with E-state index in [1.54, 1.807) is 0 Å². The molecule has 7 heteroatoms. The first kappa shape index (κ1) is 17.1. The molecular weight excluding hydrogens is 292 g/mol. The Balaban J connectivity index is 1.82. The second-order valence-electron chi connectivity index (χ2n) is 6.07. The van der Waals surface area contributed by atoms with Gasteiger partial charge in [0.25, 0.3) is 0 Å². The van der Waals surface area contributed by atoms with Gasteiger partial charge in [-0.2, -0.15) is 0 Å². The summed E-state index contributed by atoms with van der Waals surface area (Å²) in [6, 6.07) is 0.131. The van der Waals surface area contributed by atoms with E-state index in [-0.39, 0.29) is 23.6 Å². The van der Waals surface area contributed by atoms with Crippen molar-refractivity contribution in [3.05, 3.63) is 0 Å². The van der Waals surface area contributed by atoms with Crippen LogP contribution in [0.3, 0.4) is 0 Å². The maximum Gasteiger partial charge on any atom is 0.153 e. The zero-order valence-corrected chi connectivity index (χ0v) is 14.0. The molecule has 0 aromatic carbocycles. The van der Waals surface area contributed by atoms with Gasteiger partial charge in [-0.25, -0.2) is 8.42 Å². The van der Waals surface area contributed by atoms with E-state index in [1.165, 1.54) is 0 Å². The summed E-state index contributed by atoms with van der Waals surface area (Å²) in [6.45, 7) is 10.1. The summed E-state index contributed by atoms with van der Waals surface area (Å²) >= 11 is 0. The van der Waals surface area contributed by atoms with Gasteiger partial charge in [0.15, 0.2) is 9.84 Å². The number of morpholine rings is 2. The van der Waals surface area contributed by atoms with Gasteiger partial charge in [0.05, 0.1) is 37.9 Å². The average molecular weight is 320 g/mol. The second kappa shape index (κ2) is 7.87.